The Balaban J connectivity index is 1.71. The largest absolute Gasteiger partial charge is 0.497 e. The molecule has 1 aliphatic heterocycles. The lowest BCUT2D eigenvalue weighted by Gasteiger charge is -2.30. The van der Waals surface area contributed by atoms with Crippen LogP contribution in [-0.4, -0.2) is 42.3 Å². The summed E-state index contributed by atoms with van der Waals surface area (Å²) in [5.74, 6) is 1.11. The van der Waals surface area contributed by atoms with Crippen LogP contribution >= 0.6 is 0 Å². The first-order valence-corrected chi connectivity index (χ1v) is 9.73. The number of hydrogen-bond acceptors (Lipinski definition) is 5. The van der Waals surface area contributed by atoms with Gasteiger partial charge in [0.15, 0.2) is 0 Å². The number of aliphatic hydroxyl groups excluding tert-OH is 1. The SMILES string of the molecule is C=C(OCc1ccc(OC)cc1)c1cc(C#N)ccc1NC(=O)N1CCC(O)CC1. The Morgan fingerprint density at radius 1 is 1.27 bits per heavy atom. The second-order valence-electron chi connectivity index (χ2n) is 7.08. The number of urea groups is 1. The zero-order valence-corrected chi connectivity index (χ0v) is 16.9. The number of benzene rings is 2. The number of aliphatic hydroxyl groups is 1. The summed E-state index contributed by atoms with van der Waals surface area (Å²) in [5.41, 5.74) is 2.45. The quantitative estimate of drug-likeness (QED) is 0.712. The lowest BCUT2D eigenvalue weighted by Crippen LogP contribution is -2.42. The van der Waals surface area contributed by atoms with Gasteiger partial charge in [-0.05, 0) is 48.7 Å². The second kappa shape index (κ2) is 9.81. The Bertz CT molecular complexity index is 942. The van der Waals surface area contributed by atoms with Gasteiger partial charge in [0.05, 0.1) is 30.5 Å². The maximum Gasteiger partial charge on any atom is 0.321 e. The molecule has 1 heterocycles. The number of nitrogens with one attached hydrogen (secondary N) is 1. The fraction of sp³-hybridized carbons (Fsp3) is 0.304. The summed E-state index contributed by atoms with van der Waals surface area (Å²) < 4.78 is 11.0. The first-order valence-electron chi connectivity index (χ1n) is 9.73. The van der Waals surface area contributed by atoms with Gasteiger partial charge in [0.2, 0.25) is 0 Å². The summed E-state index contributed by atoms with van der Waals surface area (Å²) in [6.45, 7) is 5.26. The fourth-order valence-corrected chi connectivity index (χ4v) is 3.19. The van der Waals surface area contributed by atoms with Gasteiger partial charge in [-0.15, -0.1) is 0 Å². The molecule has 156 valence electrons. The summed E-state index contributed by atoms with van der Waals surface area (Å²) in [6.07, 6.45) is 0.766. The topological polar surface area (TPSA) is 94.8 Å². The van der Waals surface area contributed by atoms with Crippen LogP contribution in [0, 0.1) is 11.3 Å². The van der Waals surface area contributed by atoms with Crippen LogP contribution in [0.5, 0.6) is 5.75 Å². The summed E-state index contributed by atoms with van der Waals surface area (Å²) in [7, 11) is 1.61. The van der Waals surface area contributed by atoms with E-state index in [9.17, 15) is 15.2 Å². The lowest BCUT2D eigenvalue weighted by atomic mass is 10.1. The van der Waals surface area contributed by atoms with Gasteiger partial charge in [0, 0.05) is 18.7 Å². The molecular formula is C23H25N3O4. The number of methoxy groups -OCH3 is 1. The van der Waals surface area contributed by atoms with Crippen molar-refractivity contribution in [3.8, 4) is 11.8 Å². The van der Waals surface area contributed by atoms with Crippen LogP contribution < -0.4 is 10.1 Å². The van der Waals surface area contributed by atoms with Crippen LogP contribution in [0.15, 0.2) is 49.0 Å². The second-order valence-corrected chi connectivity index (χ2v) is 7.08. The number of amides is 2. The number of rotatable bonds is 6. The van der Waals surface area contributed by atoms with Crippen LogP contribution in [0.1, 0.15) is 29.5 Å². The molecule has 1 fully saturated rings. The predicted molar refractivity (Wildman–Crippen MR) is 114 cm³/mol. The van der Waals surface area contributed by atoms with E-state index in [2.05, 4.69) is 18.0 Å². The highest BCUT2D eigenvalue weighted by atomic mass is 16.5. The molecule has 0 unspecified atom stereocenters. The van der Waals surface area contributed by atoms with Gasteiger partial charge >= 0.3 is 6.03 Å². The van der Waals surface area contributed by atoms with E-state index in [-0.39, 0.29) is 18.7 Å². The fourth-order valence-electron chi connectivity index (χ4n) is 3.19. The number of ether oxygens (including phenoxy) is 2. The third kappa shape index (κ3) is 5.31. The van der Waals surface area contributed by atoms with Crippen molar-refractivity contribution in [2.75, 3.05) is 25.5 Å². The normalized spacial score (nSPS) is 14.0. The van der Waals surface area contributed by atoms with E-state index in [0.29, 0.717) is 48.5 Å². The van der Waals surface area contributed by atoms with E-state index in [4.69, 9.17) is 9.47 Å². The van der Waals surface area contributed by atoms with Gasteiger partial charge < -0.3 is 24.8 Å². The van der Waals surface area contributed by atoms with Crippen molar-refractivity contribution in [1.82, 2.24) is 4.90 Å². The van der Waals surface area contributed by atoms with Gasteiger partial charge in [-0.3, -0.25) is 0 Å². The molecule has 0 atom stereocenters. The van der Waals surface area contributed by atoms with Crippen LogP contribution in [-0.2, 0) is 11.3 Å². The van der Waals surface area contributed by atoms with Gasteiger partial charge in [-0.2, -0.15) is 5.26 Å². The molecule has 2 N–H and O–H groups in total. The molecule has 0 spiro atoms. The molecule has 2 aromatic rings. The molecule has 7 heteroatoms. The summed E-state index contributed by atoms with van der Waals surface area (Å²) in [4.78, 5) is 14.3. The van der Waals surface area contributed by atoms with Crippen LogP contribution in [0.25, 0.3) is 5.76 Å². The number of nitriles is 1. The predicted octanol–water partition coefficient (Wildman–Crippen LogP) is 3.74. The molecule has 0 radical (unpaired) electrons. The molecule has 1 saturated heterocycles. The minimum atomic E-state index is -0.356. The molecule has 0 bridgehead atoms. The van der Waals surface area contributed by atoms with E-state index in [1.54, 1.807) is 30.2 Å². The molecular weight excluding hydrogens is 382 g/mol. The zero-order chi connectivity index (χ0) is 21.5. The van der Waals surface area contributed by atoms with Crippen molar-refractivity contribution in [3.63, 3.8) is 0 Å². The number of piperidine rings is 1. The van der Waals surface area contributed by atoms with Gasteiger partial charge in [-0.1, -0.05) is 18.7 Å². The lowest BCUT2D eigenvalue weighted by molar-refractivity contribution is 0.0972. The minimum absolute atomic E-state index is 0.254. The molecule has 0 aromatic heterocycles. The van der Waals surface area contributed by atoms with E-state index in [1.807, 2.05) is 24.3 Å². The van der Waals surface area contributed by atoms with Crippen molar-refractivity contribution in [2.24, 2.45) is 0 Å². The van der Waals surface area contributed by atoms with Gasteiger partial charge in [-0.25, -0.2) is 4.79 Å². The molecule has 2 aromatic carbocycles. The zero-order valence-electron chi connectivity index (χ0n) is 16.9. The highest BCUT2D eigenvalue weighted by Crippen LogP contribution is 2.27. The van der Waals surface area contributed by atoms with E-state index < -0.39 is 0 Å². The summed E-state index contributed by atoms with van der Waals surface area (Å²) in [5, 5.41) is 21.8. The van der Waals surface area contributed by atoms with Crippen LogP contribution in [0.2, 0.25) is 0 Å². The smallest absolute Gasteiger partial charge is 0.321 e. The van der Waals surface area contributed by atoms with Crippen molar-refractivity contribution in [3.05, 3.63) is 65.7 Å². The van der Waals surface area contributed by atoms with E-state index in [1.165, 1.54) is 0 Å². The Hall–Kier alpha value is -3.50. The molecule has 2 amide bonds. The standard InChI is InChI=1S/C23H25N3O4/c1-16(30-15-17-3-6-20(29-2)7-4-17)21-13-18(14-24)5-8-22(21)25-23(28)26-11-9-19(27)10-12-26/h3-8,13,19,27H,1,9-12,15H2,2H3,(H,25,28). The first-order chi connectivity index (χ1) is 14.5. The van der Waals surface area contributed by atoms with Crippen LogP contribution in [0.4, 0.5) is 10.5 Å². The summed E-state index contributed by atoms with van der Waals surface area (Å²) >= 11 is 0. The van der Waals surface area contributed by atoms with Crippen molar-refractivity contribution >= 4 is 17.5 Å². The number of hydrogen-bond donors (Lipinski definition) is 2. The Morgan fingerprint density at radius 2 is 1.97 bits per heavy atom. The Morgan fingerprint density at radius 3 is 2.60 bits per heavy atom. The van der Waals surface area contributed by atoms with Crippen molar-refractivity contribution in [1.29, 1.82) is 5.26 Å². The van der Waals surface area contributed by atoms with Gasteiger partial charge in [0.1, 0.15) is 18.1 Å². The van der Waals surface area contributed by atoms with E-state index in [0.717, 1.165) is 11.3 Å². The number of likely N-dealkylation sites (tertiary alicyclic amines) is 1. The third-order valence-corrected chi connectivity index (χ3v) is 5.01. The number of carbonyl (C=O) groups is 1. The molecule has 3 rings (SSSR count). The molecule has 7 nitrogen and oxygen atoms in total. The van der Waals surface area contributed by atoms with Gasteiger partial charge in [0.25, 0.3) is 0 Å². The Kier molecular flexibility index (Phi) is 6.94. The highest BCUT2D eigenvalue weighted by Gasteiger charge is 2.22. The summed E-state index contributed by atoms with van der Waals surface area (Å²) in [6, 6.07) is 14.3. The van der Waals surface area contributed by atoms with Crippen molar-refractivity contribution < 1.29 is 19.4 Å². The Labute approximate surface area is 176 Å². The maximum atomic E-state index is 12.6. The third-order valence-electron chi connectivity index (χ3n) is 5.01. The van der Waals surface area contributed by atoms with Crippen LogP contribution in [0.3, 0.4) is 0 Å². The molecule has 1 aliphatic rings. The molecule has 0 aliphatic carbocycles. The average molecular weight is 407 g/mol. The molecule has 0 saturated carbocycles. The van der Waals surface area contributed by atoms with E-state index >= 15 is 0 Å². The monoisotopic (exact) mass is 407 g/mol. The highest BCUT2D eigenvalue weighted by molar-refractivity contribution is 5.92. The number of nitrogens with zero attached hydrogens (tertiary/aromatic N) is 2. The first kappa shape index (κ1) is 21.2. The van der Waals surface area contributed by atoms with Crippen molar-refractivity contribution in [2.45, 2.75) is 25.6 Å². The number of carbonyl (C=O) groups excluding carboxylic acids is 1. The average Bonchev–Trinajstić information content (AvgIpc) is 2.78. The molecule has 30 heavy (non-hydrogen) atoms. The minimum Gasteiger partial charge on any atom is -0.497 e. The number of anilines is 1. The maximum absolute atomic E-state index is 12.6.